The number of carboxylic acid groups (broad SMARTS) is 1. The summed E-state index contributed by atoms with van der Waals surface area (Å²) in [6, 6.07) is 8.39. The number of aliphatic hydroxyl groups excluding tert-OH is 1. The molecular weight excluding hydrogens is 234 g/mol. The van der Waals surface area contributed by atoms with E-state index in [1.54, 1.807) is 31.2 Å². The zero-order chi connectivity index (χ0) is 13.5. The van der Waals surface area contributed by atoms with Crippen molar-refractivity contribution in [1.29, 1.82) is 0 Å². The van der Waals surface area contributed by atoms with Gasteiger partial charge in [0.05, 0.1) is 12.1 Å². The molecule has 2 atom stereocenters. The van der Waals surface area contributed by atoms with E-state index in [9.17, 15) is 14.7 Å². The van der Waals surface area contributed by atoms with Gasteiger partial charge in [0.2, 0.25) is 5.91 Å². The number of carbonyl (C=O) groups excluding carboxylic acids is 1. The standard InChI is InChI=1S/C13H15NO4/c1-9(14-11(15)7-8-12(16)17)13(18)10-5-3-2-4-6-10/h2-9,13,18H,1H3,(H,14,15)(H,16,17). The maximum Gasteiger partial charge on any atom is 0.328 e. The van der Waals surface area contributed by atoms with Crippen molar-refractivity contribution in [2.45, 2.75) is 19.1 Å². The quantitative estimate of drug-likeness (QED) is 0.676. The predicted octanol–water partition coefficient (Wildman–Crippen LogP) is 0.865. The van der Waals surface area contributed by atoms with Crippen LogP contribution < -0.4 is 5.32 Å². The summed E-state index contributed by atoms with van der Waals surface area (Å²) in [6.45, 7) is 1.64. The van der Waals surface area contributed by atoms with E-state index in [0.717, 1.165) is 12.2 Å². The number of hydrogen-bond acceptors (Lipinski definition) is 3. The number of aliphatic hydroxyl groups is 1. The largest absolute Gasteiger partial charge is 0.478 e. The third kappa shape index (κ3) is 4.39. The fourth-order valence-corrected chi connectivity index (χ4v) is 1.44. The molecule has 1 rings (SSSR count). The van der Waals surface area contributed by atoms with Crippen molar-refractivity contribution < 1.29 is 19.8 Å². The van der Waals surface area contributed by atoms with Crippen LogP contribution in [0.3, 0.4) is 0 Å². The summed E-state index contributed by atoms with van der Waals surface area (Å²) in [5, 5.41) is 20.8. The first-order valence-electron chi connectivity index (χ1n) is 5.45. The molecule has 2 unspecified atom stereocenters. The summed E-state index contributed by atoms with van der Waals surface area (Å²) in [4.78, 5) is 21.6. The highest BCUT2D eigenvalue weighted by atomic mass is 16.4. The van der Waals surface area contributed by atoms with Gasteiger partial charge in [0, 0.05) is 12.2 Å². The van der Waals surface area contributed by atoms with Gasteiger partial charge in [-0.3, -0.25) is 4.79 Å². The molecule has 0 heterocycles. The van der Waals surface area contributed by atoms with E-state index < -0.39 is 24.0 Å². The number of carbonyl (C=O) groups is 2. The summed E-state index contributed by atoms with van der Waals surface area (Å²) < 4.78 is 0. The highest BCUT2D eigenvalue weighted by Crippen LogP contribution is 2.15. The van der Waals surface area contributed by atoms with Crippen LogP contribution in [0.2, 0.25) is 0 Å². The van der Waals surface area contributed by atoms with Gasteiger partial charge < -0.3 is 15.5 Å². The zero-order valence-corrected chi connectivity index (χ0v) is 9.91. The van der Waals surface area contributed by atoms with Crippen molar-refractivity contribution in [3.05, 3.63) is 48.0 Å². The van der Waals surface area contributed by atoms with Gasteiger partial charge in [0.15, 0.2) is 0 Å². The minimum atomic E-state index is -1.19. The number of hydrogen-bond donors (Lipinski definition) is 3. The fraction of sp³-hybridized carbons (Fsp3) is 0.231. The zero-order valence-electron chi connectivity index (χ0n) is 9.91. The fourth-order valence-electron chi connectivity index (χ4n) is 1.44. The maximum absolute atomic E-state index is 11.3. The molecule has 0 spiro atoms. The van der Waals surface area contributed by atoms with Crippen LogP contribution in [0, 0.1) is 0 Å². The number of carboxylic acids is 1. The van der Waals surface area contributed by atoms with Crippen molar-refractivity contribution >= 4 is 11.9 Å². The van der Waals surface area contributed by atoms with Gasteiger partial charge in [0.1, 0.15) is 0 Å². The molecule has 0 saturated carbocycles. The Bertz CT molecular complexity index is 442. The lowest BCUT2D eigenvalue weighted by Gasteiger charge is -2.19. The highest BCUT2D eigenvalue weighted by Gasteiger charge is 2.17. The van der Waals surface area contributed by atoms with Crippen LogP contribution in [0.1, 0.15) is 18.6 Å². The predicted molar refractivity (Wildman–Crippen MR) is 65.8 cm³/mol. The van der Waals surface area contributed by atoms with Gasteiger partial charge in [-0.25, -0.2) is 4.79 Å². The lowest BCUT2D eigenvalue weighted by atomic mass is 10.0. The molecule has 0 bridgehead atoms. The second-order valence-electron chi connectivity index (χ2n) is 3.82. The van der Waals surface area contributed by atoms with Crippen molar-refractivity contribution in [1.82, 2.24) is 5.32 Å². The molecular formula is C13H15NO4. The lowest BCUT2D eigenvalue weighted by molar-refractivity contribution is -0.131. The Hall–Kier alpha value is -2.14. The second-order valence-corrected chi connectivity index (χ2v) is 3.82. The SMILES string of the molecule is CC(NC(=O)C=CC(=O)O)C(O)c1ccccc1. The number of aliphatic carboxylic acids is 1. The van der Waals surface area contributed by atoms with Crippen molar-refractivity contribution in [3.63, 3.8) is 0 Å². The van der Waals surface area contributed by atoms with Gasteiger partial charge in [-0.2, -0.15) is 0 Å². The number of amides is 1. The van der Waals surface area contributed by atoms with Crippen molar-refractivity contribution in [2.75, 3.05) is 0 Å². The summed E-state index contributed by atoms with van der Waals surface area (Å²) in [6.07, 6.45) is 0.821. The third-order valence-corrected chi connectivity index (χ3v) is 2.36. The summed E-state index contributed by atoms with van der Waals surface area (Å²) in [5.74, 6) is -1.75. The molecule has 1 aromatic carbocycles. The third-order valence-electron chi connectivity index (χ3n) is 2.36. The minimum absolute atomic E-state index is 0.515. The van der Waals surface area contributed by atoms with Crippen LogP contribution in [0.4, 0.5) is 0 Å². The Balaban J connectivity index is 2.58. The van der Waals surface area contributed by atoms with Gasteiger partial charge >= 0.3 is 5.97 Å². The summed E-state index contributed by atoms with van der Waals surface area (Å²) in [5.41, 5.74) is 0.688. The van der Waals surface area contributed by atoms with Crippen LogP contribution in [-0.2, 0) is 9.59 Å². The molecule has 0 fully saturated rings. The van der Waals surface area contributed by atoms with Crippen molar-refractivity contribution in [2.24, 2.45) is 0 Å². The highest BCUT2D eigenvalue weighted by molar-refractivity contribution is 5.94. The van der Waals surface area contributed by atoms with Gasteiger partial charge in [-0.1, -0.05) is 30.3 Å². The van der Waals surface area contributed by atoms with E-state index in [1.165, 1.54) is 0 Å². The smallest absolute Gasteiger partial charge is 0.328 e. The van der Waals surface area contributed by atoms with Crippen LogP contribution in [0.5, 0.6) is 0 Å². The molecule has 1 amide bonds. The van der Waals surface area contributed by atoms with E-state index >= 15 is 0 Å². The van der Waals surface area contributed by atoms with Crippen LogP contribution >= 0.6 is 0 Å². The van der Waals surface area contributed by atoms with Gasteiger partial charge in [-0.05, 0) is 12.5 Å². The Morgan fingerprint density at radius 3 is 2.39 bits per heavy atom. The maximum atomic E-state index is 11.3. The summed E-state index contributed by atoms with van der Waals surface area (Å²) in [7, 11) is 0. The molecule has 1 aromatic rings. The van der Waals surface area contributed by atoms with E-state index in [2.05, 4.69) is 5.32 Å². The Morgan fingerprint density at radius 1 is 1.22 bits per heavy atom. The first-order chi connectivity index (χ1) is 8.50. The lowest BCUT2D eigenvalue weighted by Crippen LogP contribution is -2.36. The molecule has 0 aliphatic heterocycles. The monoisotopic (exact) mass is 249 g/mol. The number of benzene rings is 1. The molecule has 3 N–H and O–H groups in total. The van der Waals surface area contributed by atoms with Crippen LogP contribution in [0.15, 0.2) is 42.5 Å². The van der Waals surface area contributed by atoms with Crippen LogP contribution in [-0.4, -0.2) is 28.1 Å². The second kappa shape index (κ2) is 6.56. The van der Waals surface area contributed by atoms with Crippen LogP contribution in [0.25, 0.3) is 0 Å². The number of rotatable bonds is 5. The molecule has 0 aromatic heterocycles. The topological polar surface area (TPSA) is 86.6 Å². The summed E-state index contributed by atoms with van der Waals surface area (Å²) >= 11 is 0. The molecule has 5 heteroatoms. The first-order valence-corrected chi connectivity index (χ1v) is 5.45. The molecule has 0 aliphatic carbocycles. The molecule has 0 aliphatic rings. The Labute approximate surface area is 105 Å². The normalized spacial score (nSPS) is 14.1. The van der Waals surface area contributed by atoms with Gasteiger partial charge in [-0.15, -0.1) is 0 Å². The minimum Gasteiger partial charge on any atom is -0.478 e. The Morgan fingerprint density at radius 2 is 1.83 bits per heavy atom. The van der Waals surface area contributed by atoms with E-state index in [1.807, 2.05) is 6.07 Å². The molecule has 18 heavy (non-hydrogen) atoms. The average molecular weight is 249 g/mol. The molecule has 5 nitrogen and oxygen atoms in total. The van der Waals surface area contributed by atoms with E-state index in [0.29, 0.717) is 5.56 Å². The van der Waals surface area contributed by atoms with Crippen molar-refractivity contribution in [3.8, 4) is 0 Å². The molecule has 0 saturated heterocycles. The Kier molecular flexibility index (Phi) is 5.07. The molecule has 0 radical (unpaired) electrons. The van der Waals surface area contributed by atoms with Gasteiger partial charge in [0.25, 0.3) is 0 Å². The van der Waals surface area contributed by atoms with E-state index in [-0.39, 0.29) is 0 Å². The molecule has 96 valence electrons. The number of nitrogens with one attached hydrogen (secondary N) is 1. The average Bonchev–Trinajstić information content (AvgIpc) is 2.36. The van der Waals surface area contributed by atoms with E-state index in [4.69, 9.17) is 5.11 Å². The first kappa shape index (κ1) is 13.9.